The van der Waals surface area contributed by atoms with Gasteiger partial charge in [-0.1, -0.05) is 30.4 Å². The highest BCUT2D eigenvalue weighted by Crippen LogP contribution is 2.37. The number of rotatable bonds is 8. The van der Waals surface area contributed by atoms with Gasteiger partial charge in [0, 0.05) is 67.8 Å². The number of carbonyl (C=O) groups excluding carboxylic acids is 1. The Morgan fingerprint density at radius 2 is 2.00 bits per heavy atom. The number of nitrogens with zero attached hydrogens (tertiary/aromatic N) is 5. The van der Waals surface area contributed by atoms with Gasteiger partial charge in [0.1, 0.15) is 5.65 Å². The summed E-state index contributed by atoms with van der Waals surface area (Å²) >= 11 is 0. The fourth-order valence-electron chi connectivity index (χ4n) is 5.84. The number of allylic oxidation sites excluding steroid dienone is 3. The van der Waals surface area contributed by atoms with Crippen molar-refractivity contribution < 1.29 is 4.79 Å². The second-order valence-electron chi connectivity index (χ2n) is 11.3. The molecule has 1 atom stereocenters. The van der Waals surface area contributed by atoms with Crippen LogP contribution in [0.25, 0.3) is 33.4 Å². The number of carbonyl (C=O) groups is 1. The first-order chi connectivity index (χ1) is 20.0. The van der Waals surface area contributed by atoms with Crippen LogP contribution in [0.15, 0.2) is 72.7 Å². The molecule has 1 saturated heterocycles. The molecule has 2 N–H and O–H groups in total. The summed E-state index contributed by atoms with van der Waals surface area (Å²) in [7, 11) is 3.48. The SMILES string of the molecule is CCn1cc(-c2ccnc3[nH]c(-c4cccc(CCN5CCCC5)c4)cc23)c(C2C=CC(NC(=O)N(C)C)=CC2)n1. The minimum Gasteiger partial charge on any atom is -0.339 e. The maximum Gasteiger partial charge on any atom is 0.321 e. The molecule has 1 aliphatic heterocycles. The van der Waals surface area contributed by atoms with E-state index in [1.165, 1.54) is 42.0 Å². The molecule has 1 aliphatic carbocycles. The van der Waals surface area contributed by atoms with Crippen molar-refractivity contribution in [2.45, 2.75) is 45.1 Å². The Morgan fingerprint density at radius 1 is 1.15 bits per heavy atom. The average molecular weight is 550 g/mol. The van der Waals surface area contributed by atoms with E-state index in [2.05, 4.69) is 81.9 Å². The lowest BCUT2D eigenvalue weighted by Gasteiger charge is -2.18. The maximum atomic E-state index is 12.1. The highest BCUT2D eigenvalue weighted by Gasteiger charge is 2.23. The standard InChI is InChI=1S/C33H39N7O/c1-4-40-22-29(31(37-40)24-10-12-26(13-11-24)35-33(41)38(2)3)27-14-16-34-32-28(27)21-30(36-32)25-9-7-8-23(20-25)15-19-39-17-5-6-18-39/h7-10,12-14,16,20-22,24H,4-6,11,15,17-19H2,1-3H3,(H,34,36)(H,35,41). The number of likely N-dealkylation sites (tertiary alicyclic amines) is 1. The summed E-state index contributed by atoms with van der Waals surface area (Å²) in [5.74, 6) is 0.117. The van der Waals surface area contributed by atoms with Gasteiger partial charge in [0.25, 0.3) is 0 Å². The van der Waals surface area contributed by atoms with Crippen molar-refractivity contribution >= 4 is 17.1 Å². The fraction of sp³-hybridized carbons (Fsp3) is 0.364. The molecule has 4 aromatic rings. The van der Waals surface area contributed by atoms with Gasteiger partial charge >= 0.3 is 6.03 Å². The van der Waals surface area contributed by atoms with Gasteiger partial charge < -0.3 is 20.1 Å². The van der Waals surface area contributed by atoms with Crippen LogP contribution in [0.1, 0.15) is 43.4 Å². The fourth-order valence-corrected chi connectivity index (χ4v) is 5.84. The molecule has 6 rings (SSSR count). The quantitative estimate of drug-likeness (QED) is 0.285. The molecule has 0 saturated carbocycles. The molecule has 8 nitrogen and oxygen atoms in total. The van der Waals surface area contributed by atoms with E-state index in [9.17, 15) is 4.79 Å². The van der Waals surface area contributed by atoms with E-state index < -0.39 is 0 Å². The largest absolute Gasteiger partial charge is 0.339 e. The average Bonchev–Trinajstić information content (AvgIpc) is 3.76. The van der Waals surface area contributed by atoms with Gasteiger partial charge in [0.15, 0.2) is 0 Å². The molecule has 0 radical (unpaired) electrons. The number of urea groups is 1. The summed E-state index contributed by atoms with van der Waals surface area (Å²) in [5, 5.41) is 9.02. The van der Waals surface area contributed by atoms with Crippen LogP contribution in [0.4, 0.5) is 4.79 Å². The van der Waals surface area contributed by atoms with Crippen LogP contribution in [0.3, 0.4) is 0 Å². The van der Waals surface area contributed by atoms with Crippen molar-refractivity contribution in [2.24, 2.45) is 0 Å². The Morgan fingerprint density at radius 3 is 2.76 bits per heavy atom. The van der Waals surface area contributed by atoms with Crippen molar-refractivity contribution in [3.63, 3.8) is 0 Å². The zero-order valence-electron chi connectivity index (χ0n) is 24.2. The van der Waals surface area contributed by atoms with Gasteiger partial charge in [0.2, 0.25) is 0 Å². The monoisotopic (exact) mass is 549 g/mol. The lowest BCUT2D eigenvalue weighted by molar-refractivity contribution is 0.220. The van der Waals surface area contributed by atoms with E-state index in [0.717, 1.165) is 65.2 Å². The van der Waals surface area contributed by atoms with Gasteiger partial charge in [-0.25, -0.2) is 9.78 Å². The molecule has 8 heteroatoms. The van der Waals surface area contributed by atoms with Crippen LogP contribution in [0, 0.1) is 0 Å². The molecule has 4 heterocycles. The molecule has 212 valence electrons. The van der Waals surface area contributed by atoms with Gasteiger partial charge in [-0.05, 0) is 86.7 Å². The number of aromatic nitrogens is 4. The Labute approximate surface area is 241 Å². The first kappa shape index (κ1) is 27.0. The molecular formula is C33H39N7O. The number of aromatic amines is 1. The maximum absolute atomic E-state index is 12.1. The van der Waals surface area contributed by atoms with E-state index in [1.807, 2.05) is 17.0 Å². The van der Waals surface area contributed by atoms with Gasteiger partial charge in [-0.2, -0.15) is 5.10 Å². The number of fused-ring (bicyclic) bond motifs is 1. The zero-order chi connectivity index (χ0) is 28.3. The number of H-pyrrole nitrogens is 1. The topological polar surface area (TPSA) is 82.1 Å². The van der Waals surface area contributed by atoms with Crippen molar-refractivity contribution in [3.05, 3.63) is 84.0 Å². The third-order valence-electron chi connectivity index (χ3n) is 8.20. The first-order valence-corrected chi connectivity index (χ1v) is 14.7. The number of aryl methyl sites for hydroxylation is 1. The molecule has 41 heavy (non-hydrogen) atoms. The second-order valence-corrected chi connectivity index (χ2v) is 11.3. The smallest absolute Gasteiger partial charge is 0.321 e. The van der Waals surface area contributed by atoms with Crippen molar-refractivity contribution in [1.82, 2.24) is 34.9 Å². The molecule has 3 aromatic heterocycles. The molecule has 2 aliphatic rings. The number of benzene rings is 1. The predicted molar refractivity (Wildman–Crippen MR) is 165 cm³/mol. The summed E-state index contributed by atoms with van der Waals surface area (Å²) in [6, 6.07) is 13.1. The molecule has 1 fully saturated rings. The highest BCUT2D eigenvalue weighted by atomic mass is 16.2. The minimum atomic E-state index is -0.130. The molecule has 1 unspecified atom stereocenters. The third kappa shape index (κ3) is 5.84. The summed E-state index contributed by atoms with van der Waals surface area (Å²) < 4.78 is 2.01. The molecule has 0 bridgehead atoms. The zero-order valence-corrected chi connectivity index (χ0v) is 24.2. The van der Waals surface area contributed by atoms with Crippen LogP contribution in [0.2, 0.25) is 0 Å². The lowest BCUT2D eigenvalue weighted by atomic mass is 9.91. The van der Waals surface area contributed by atoms with Crippen LogP contribution in [-0.4, -0.2) is 69.3 Å². The van der Waals surface area contributed by atoms with E-state index >= 15 is 0 Å². The first-order valence-electron chi connectivity index (χ1n) is 14.7. The van der Waals surface area contributed by atoms with E-state index in [0.29, 0.717) is 0 Å². The van der Waals surface area contributed by atoms with Crippen LogP contribution >= 0.6 is 0 Å². The summed E-state index contributed by atoms with van der Waals surface area (Å²) in [5.41, 5.74) is 8.61. The Kier molecular flexibility index (Phi) is 7.74. The van der Waals surface area contributed by atoms with Gasteiger partial charge in [0.05, 0.1) is 5.69 Å². The van der Waals surface area contributed by atoms with Gasteiger partial charge in [-0.15, -0.1) is 0 Å². The number of hydrogen-bond acceptors (Lipinski definition) is 4. The minimum absolute atomic E-state index is 0.117. The van der Waals surface area contributed by atoms with Crippen LogP contribution in [-0.2, 0) is 13.0 Å². The summed E-state index contributed by atoms with van der Waals surface area (Å²) in [6.07, 6.45) is 14.7. The van der Waals surface area contributed by atoms with E-state index in [-0.39, 0.29) is 11.9 Å². The summed E-state index contributed by atoms with van der Waals surface area (Å²) in [4.78, 5) is 24.5. The van der Waals surface area contributed by atoms with Crippen LogP contribution < -0.4 is 5.32 Å². The molecule has 1 aromatic carbocycles. The van der Waals surface area contributed by atoms with E-state index in [1.54, 1.807) is 14.1 Å². The summed E-state index contributed by atoms with van der Waals surface area (Å²) in [6.45, 7) is 6.49. The molecule has 0 spiro atoms. The predicted octanol–water partition coefficient (Wildman–Crippen LogP) is 5.95. The van der Waals surface area contributed by atoms with Crippen molar-refractivity contribution in [3.8, 4) is 22.4 Å². The van der Waals surface area contributed by atoms with Crippen molar-refractivity contribution in [2.75, 3.05) is 33.7 Å². The normalized spacial score (nSPS) is 17.2. The van der Waals surface area contributed by atoms with E-state index in [4.69, 9.17) is 5.10 Å². The Balaban J connectivity index is 1.28. The number of hydrogen-bond donors (Lipinski definition) is 2. The van der Waals surface area contributed by atoms with Crippen molar-refractivity contribution in [1.29, 1.82) is 0 Å². The Bertz CT molecular complexity index is 1600. The molecular weight excluding hydrogens is 510 g/mol. The molecule has 2 amide bonds. The van der Waals surface area contributed by atoms with Crippen LogP contribution in [0.5, 0.6) is 0 Å². The lowest BCUT2D eigenvalue weighted by Crippen LogP contribution is -2.33. The number of nitrogens with one attached hydrogen (secondary N) is 2. The second kappa shape index (κ2) is 11.7. The Hall–Kier alpha value is -4.17. The third-order valence-corrected chi connectivity index (χ3v) is 8.20. The highest BCUT2D eigenvalue weighted by molar-refractivity contribution is 5.96. The van der Waals surface area contributed by atoms with Gasteiger partial charge in [-0.3, -0.25) is 4.68 Å². The number of amides is 2. The number of pyridine rings is 1.